The predicted molar refractivity (Wildman–Crippen MR) is 127 cm³/mol. The van der Waals surface area contributed by atoms with Crippen LogP contribution in [-0.4, -0.2) is 32.1 Å². The molecule has 0 atom stereocenters. The van der Waals surface area contributed by atoms with Crippen LogP contribution in [0.1, 0.15) is 25.0 Å². The first-order valence-electron chi connectivity index (χ1n) is 9.28. The third-order valence-electron chi connectivity index (χ3n) is 4.00. The van der Waals surface area contributed by atoms with E-state index in [9.17, 15) is 4.79 Å². The Bertz CT molecular complexity index is 827. The van der Waals surface area contributed by atoms with Gasteiger partial charge in [-0.25, -0.2) is 4.99 Å². The molecule has 29 heavy (non-hydrogen) atoms. The van der Waals surface area contributed by atoms with Crippen LogP contribution in [-0.2, 0) is 17.8 Å². The van der Waals surface area contributed by atoms with E-state index in [0.29, 0.717) is 30.5 Å². The minimum atomic E-state index is -0.177. The molecule has 0 saturated heterocycles. The van der Waals surface area contributed by atoms with E-state index in [2.05, 4.69) is 28.6 Å². The molecule has 0 bridgehead atoms. The molecule has 2 rings (SSSR count). The van der Waals surface area contributed by atoms with Gasteiger partial charge in [0.1, 0.15) is 0 Å². The number of carbonyl (C=O) groups excluding carboxylic acids is 1. The number of nitrogens with two attached hydrogens (primary N) is 1. The van der Waals surface area contributed by atoms with Gasteiger partial charge in [-0.2, -0.15) is 0 Å². The minimum Gasteiger partial charge on any atom is -0.493 e. The summed E-state index contributed by atoms with van der Waals surface area (Å²) in [7, 11) is 1.55. The number of methoxy groups -OCH3 is 1. The number of guanidine groups is 1. The molecular formula is C21H29IN4O3. The highest BCUT2D eigenvalue weighted by Gasteiger charge is 2.08. The van der Waals surface area contributed by atoms with Crippen molar-refractivity contribution in [2.45, 2.75) is 26.8 Å². The molecule has 0 aliphatic rings. The van der Waals surface area contributed by atoms with E-state index in [-0.39, 0.29) is 36.5 Å². The first kappa shape index (κ1) is 24.5. The molecule has 0 saturated carbocycles. The molecule has 0 radical (unpaired) electrons. The van der Waals surface area contributed by atoms with Gasteiger partial charge in [-0.3, -0.25) is 4.79 Å². The average molecular weight is 512 g/mol. The van der Waals surface area contributed by atoms with E-state index in [1.165, 1.54) is 5.56 Å². The predicted octanol–water partition coefficient (Wildman–Crippen LogP) is 3.32. The smallest absolute Gasteiger partial charge is 0.257 e. The second-order valence-corrected chi connectivity index (χ2v) is 6.11. The van der Waals surface area contributed by atoms with Crippen molar-refractivity contribution in [3.63, 3.8) is 0 Å². The van der Waals surface area contributed by atoms with Crippen LogP contribution in [0.4, 0.5) is 5.69 Å². The number of hydrogen-bond acceptors (Lipinski definition) is 4. The Kier molecular flexibility index (Phi) is 10.9. The summed E-state index contributed by atoms with van der Waals surface area (Å²) in [6.07, 6.45) is 0.959. The van der Waals surface area contributed by atoms with Crippen LogP contribution in [0.2, 0.25) is 0 Å². The lowest BCUT2D eigenvalue weighted by Gasteiger charge is -2.12. The van der Waals surface area contributed by atoms with Crippen LogP contribution in [0.25, 0.3) is 0 Å². The van der Waals surface area contributed by atoms with Crippen molar-refractivity contribution >= 4 is 41.5 Å². The largest absolute Gasteiger partial charge is 0.493 e. The number of amides is 1. The summed E-state index contributed by atoms with van der Waals surface area (Å²) in [4.78, 5) is 15.9. The van der Waals surface area contributed by atoms with Crippen molar-refractivity contribution in [3.05, 3.63) is 53.6 Å². The van der Waals surface area contributed by atoms with Crippen molar-refractivity contribution in [3.8, 4) is 11.5 Å². The van der Waals surface area contributed by atoms with E-state index >= 15 is 0 Å². The lowest BCUT2D eigenvalue weighted by Crippen LogP contribution is -2.28. The molecule has 0 aliphatic carbocycles. The number of aryl methyl sites for hydroxylation is 1. The van der Waals surface area contributed by atoms with Crippen LogP contribution in [0.5, 0.6) is 11.5 Å². The van der Waals surface area contributed by atoms with Gasteiger partial charge in [0.15, 0.2) is 24.1 Å². The molecule has 7 nitrogen and oxygen atoms in total. The first-order valence-corrected chi connectivity index (χ1v) is 9.28. The Labute approximate surface area is 189 Å². The lowest BCUT2D eigenvalue weighted by atomic mass is 10.1. The third-order valence-corrected chi connectivity index (χ3v) is 4.00. The van der Waals surface area contributed by atoms with Gasteiger partial charge in [-0.05, 0) is 48.7 Å². The summed E-state index contributed by atoms with van der Waals surface area (Å²) in [5.41, 5.74) is 9.04. The summed E-state index contributed by atoms with van der Waals surface area (Å²) in [5, 5.41) is 5.78. The van der Waals surface area contributed by atoms with Crippen LogP contribution in [0, 0.1) is 0 Å². The number of carbonyl (C=O) groups is 1. The molecule has 0 unspecified atom stereocenters. The minimum absolute atomic E-state index is 0. The summed E-state index contributed by atoms with van der Waals surface area (Å²) in [5.74, 6) is 1.20. The van der Waals surface area contributed by atoms with Gasteiger partial charge in [-0.15, -0.1) is 24.0 Å². The third kappa shape index (κ3) is 8.18. The molecule has 4 N–H and O–H groups in total. The Morgan fingerprint density at radius 2 is 1.90 bits per heavy atom. The molecule has 1 amide bonds. The molecule has 158 valence electrons. The first-order chi connectivity index (χ1) is 13.5. The van der Waals surface area contributed by atoms with Gasteiger partial charge in [0.25, 0.3) is 5.91 Å². The molecule has 0 aliphatic heterocycles. The second kappa shape index (κ2) is 12.9. The highest BCUT2D eigenvalue weighted by molar-refractivity contribution is 14.0. The highest BCUT2D eigenvalue weighted by Crippen LogP contribution is 2.28. The molecule has 0 spiro atoms. The van der Waals surface area contributed by atoms with Crippen molar-refractivity contribution < 1.29 is 14.3 Å². The zero-order valence-corrected chi connectivity index (χ0v) is 19.4. The standard InChI is InChI=1S/C21H28N4O3.HI/c1-4-15-7-6-8-17(11-15)25-21(22)24-13-16-9-10-18(19(12-16)27-3)28-14-20(26)23-5-2;/h6-12H,4-5,13-14H2,1-3H3,(H,23,26)(H3,22,24,25);1H. The zero-order valence-electron chi connectivity index (χ0n) is 17.0. The fourth-order valence-corrected chi connectivity index (χ4v) is 2.55. The Morgan fingerprint density at radius 1 is 1.10 bits per heavy atom. The highest BCUT2D eigenvalue weighted by atomic mass is 127. The number of aliphatic imine (C=N–C) groups is 1. The average Bonchev–Trinajstić information content (AvgIpc) is 2.71. The van der Waals surface area contributed by atoms with Crippen molar-refractivity contribution in [1.29, 1.82) is 0 Å². The van der Waals surface area contributed by atoms with Gasteiger partial charge < -0.3 is 25.8 Å². The van der Waals surface area contributed by atoms with E-state index in [1.54, 1.807) is 13.2 Å². The van der Waals surface area contributed by atoms with E-state index in [4.69, 9.17) is 15.2 Å². The van der Waals surface area contributed by atoms with E-state index in [1.807, 2.05) is 37.3 Å². The maximum atomic E-state index is 11.5. The number of anilines is 1. The van der Waals surface area contributed by atoms with Gasteiger partial charge in [0.2, 0.25) is 0 Å². The Balaban J connectivity index is 0.00000420. The number of likely N-dealkylation sites (N-methyl/N-ethyl adjacent to an activating group) is 1. The van der Waals surface area contributed by atoms with Crippen molar-refractivity contribution in [1.82, 2.24) is 5.32 Å². The summed E-state index contributed by atoms with van der Waals surface area (Å²) in [6.45, 7) is 4.85. The van der Waals surface area contributed by atoms with Crippen LogP contribution >= 0.6 is 24.0 Å². The quantitative estimate of drug-likeness (QED) is 0.272. The maximum Gasteiger partial charge on any atom is 0.257 e. The normalized spacial score (nSPS) is 10.7. The topological polar surface area (TPSA) is 98.0 Å². The number of nitrogens with zero attached hydrogens (tertiary/aromatic N) is 1. The molecule has 0 fully saturated rings. The van der Waals surface area contributed by atoms with Crippen LogP contribution < -0.4 is 25.8 Å². The summed E-state index contributed by atoms with van der Waals surface area (Å²) < 4.78 is 10.9. The van der Waals surface area contributed by atoms with E-state index in [0.717, 1.165) is 17.7 Å². The zero-order chi connectivity index (χ0) is 20.4. The maximum absolute atomic E-state index is 11.5. The number of nitrogens with one attached hydrogen (secondary N) is 2. The fraction of sp³-hybridized carbons (Fsp3) is 0.333. The van der Waals surface area contributed by atoms with Gasteiger partial charge in [0.05, 0.1) is 13.7 Å². The van der Waals surface area contributed by atoms with Crippen LogP contribution in [0.15, 0.2) is 47.5 Å². The van der Waals surface area contributed by atoms with Crippen LogP contribution in [0.3, 0.4) is 0 Å². The molecule has 2 aromatic carbocycles. The monoisotopic (exact) mass is 512 g/mol. The Hall–Kier alpha value is -2.49. The SMILES string of the molecule is CCNC(=O)COc1ccc(CN=C(N)Nc2cccc(CC)c2)cc1OC.I. The summed E-state index contributed by atoms with van der Waals surface area (Å²) in [6, 6.07) is 13.5. The summed E-state index contributed by atoms with van der Waals surface area (Å²) >= 11 is 0. The molecule has 8 heteroatoms. The number of benzene rings is 2. The molecule has 0 heterocycles. The number of rotatable bonds is 9. The number of hydrogen-bond donors (Lipinski definition) is 3. The Morgan fingerprint density at radius 3 is 2.59 bits per heavy atom. The number of ether oxygens (including phenoxy) is 2. The van der Waals surface area contributed by atoms with Gasteiger partial charge >= 0.3 is 0 Å². The van der Waals surface area contributed by atoms with Crippen molar-refractivity contribution in [2.75, 3.05) is 25.6 Å². The second-order valence-electron chi connectivity index (χ2n) is 6.11. The van der Waals surface area contributed by atoms with Crippen molar-refractivity contribution in [2.24, 2.45) is 10.7 Å². The van der Waals surface area contributed by atoms with E-state index < -0.39 is 0 Å². The molecule has 0 aromatic heterocycles. The lowest BCUT2D eigenvalue weighted by molar-refractivity contribution is -0.123. The molecule has 2 aromatic rings. The number of halogens is 1. The molecular weight excluding hydrogens is 483 g/mol. The fourth-order valence-electron chi connectivity index (χ4n) is 2.55. The van der Waals surface area contributed by atoms with Gasteiger partial charge in [0, 0.05) is 12.2 Å². The van der Waals surface area contributed by atoms with Gasteiger partial charge in [-0.1, -0.05) is 25.1 Å².